The number of carboxylic acid groups (broad SMARTS) is 1. The second kappa shape index (κ2) is 9.60. The number of hydrogen-bond donors (Lipinski definition) is 3. The molecule has 160 valence electrons. The Labute approximate surface area is 162 Å². The van der Waals surface area contributed by atoms with Gasteiger partial charge in [-0.1, -0.05) is 6.42 Å². The Morgan fingerprint density at radius 2 is 2.07 bits per heavy atom. The molecule has 10 heteroatoms. The summed E-state index contributed by atoms with van der Waals surface area (Å²) in [5.74, 6) is -0.379. The quantitative estimate of drug-likeness (QED) is 0.695. The summed E-state index contributed by atoms with van der Waals surface area (Å²) in [5, 5.41) is 24.5. The Morgan fingerprint density at radius 1 is 1.39 bits per heavy atom. The Balaban J connectivity index is 0.000000345. The third-order valence-corrected chi connectivity index (χ3v) is 5.36. The summed E-state index contributed by atoms with van der Waals surface area (Å²) in [4.78, 5) is 11.4. The topological polar surface area (TPSA) is 90.6 Å². The number of nitrogens with one attached hydrogen (secondary N) is 1. The van der Waals surface area contributed by atoms with Gasteiger partial charge in [-0.2, -0.15) is 18.3 Å². The van der Waals surface area contributed by atoms with E-state index in [1.807, 2.05) is 31.0 Å². The smallest absolute Gasteiger partial charge is 0.475 e. The molecular formula is C18H29F3N4O3. The summed E-state index contributed by atoms with van der Waals surface area (Å²) in [6.07, 6.45) is 2.69. The number of aromatic nitrogens is 2. The predicted octanol–water partition coefficient (Wildman–Crippen LogP) is 2.19. The van der Waals surface area contributed by atoms with E-state index in [9.17, 15) is 18.3 Å². The van der Waals surface area contributed by atoms with E-state index in [2.05, 4.69) is 15.3 Å². The second-order valence-corrected chi connectivity index (χ2v) is 7.77. The van der Waals surface area contributed by atoms with E-state index in [0.29, 0.717) is 0 Å². The highest BCUT2D eigenvalue weighted by molar-refractivity contribution is 5.73. The first-order valence-electron chi connectivity index (χ1n) is 9.49. The van der Waals surface area contributed by atoms with Crippen molar-refractivity contribution in [2.45, 2.75) is 38.5 Å². The van der Waals surface area contributed by atoms with Crippen molar-refractivity contribution < 1.29 is 28.2 Å². The molecule has 0 amide bonds. The number of β-amino-alcohol motifs (C(OH)–C–C–N with tert-alkyl or cyclic N) is 1. The number of halogens is 3. The molecule has 0 aromatic carbocycles. The van der Waals surface area contributed by atoms with E-state index in [1.165, 1.54) is 25.8 Å². The standard InChI is InChI=1S/C16H28N4O.C2HF3O2/c1-12(21)8-20-9-14-5-3-4-13(16(14)11-20)6-17-15-7-18-19(2)10-15;3-2(4,5)1(6)7/h7,10,12-14,16-17,21H,3-6,8-9,11H2,1-2H3;(H,6,7)/t12?,13-,14+,16+;/m0./s1. The number of aryl methyl sites for hydroxylation is 1. The van der Waals surface area contributed by atoms with Crippen LogP contribution in [0.1, 0.15) is 26.2 Å². The molecule has 7 nitrogen and oxygen atoms in total. The fourth-order valence-electron chi connectivity index (χ4n) is 4.22. The Morgan fingerprint density at radius 3 is 2.61 bits per heavy atom. The van der Waals surface area contributed by atoms with Gasteiger partial charge < -0.3 is 20.4 Å². The third-order valence-electron chi connectivity index (χ3n) is 5.36. The SMILES string of the molecule is CC(O)CN1C[C@H]2CCC[C@@H](CNc3cnn(C)c3)[C@H]2C1.O=C(O)C(F)(F)F. The van der Waals surface area contributed by atoms with Crippen molar-refractivity contribution in [3.05, 3.63) is 12.4 Å². The molecule has 4 atom stereocenters. The van der Waals surface area contributed by atoms with Gasteiger partial charge in [-0.05, 0) is 37.5 Å². The molecule has 3 N–H and O–H groups in total. The lowest BCUT2D eigenvalue weighted by molar-refractivity contribution is -0.192. The highest BCUT2D eigenvalue weighted by Gasteiger charge is 2.40. The van der Waals surface area contributed by atoms with Crippen LogP contribution in [0.2, 0.25) is 0 Å². The van der Waals surface area contributed by atoms with Crippen LogP contribution in [0.25, 0.3) is 0 Å². The number of rotatable bonds is 5. The molecule has 0 bridgehead atoms. The first-order chi connectivity index (χ1) is 13.1. The third kappa shape index (κ3) is 6.66. The maximum absolute atomic E-state index is 10.6. The molecule has 1 saturated carbocycles. The minimum absolute atomic E-state index is 0.211. The van der Waals surface area contributed by atoms with E-state index in [-0.39, 0.29) is 6.10 Å². The first kappa shape index (κ1) is 22.5. The molecule has 1 aliphatic carbocycles. The summed E-state index contributed by atoms with van der Waals surface area (Å²) in [6, 6.07) is 0. The van der Waals surface area contributed by atoms with Crippen molar-refractivity contribution in [2.75, 3.05) is 31.5 Å². The first-order valence-corrected chi connectivity index (χ1v) is 9.49. The lowest BCUT2D eigenvalue weighted by atomic mass is 9.74. The zero-order valence-corrected chi connectivity index (χ0v) is 16.2. The van der Waals surface area contributed by atoms with Crippen molar-refractivity contribution >= 4 is 11.7 Å². The van der Waals surface area contributed by atoms with Crippen LogP contribution in [0.3, 0.4) is 0 Å². The van der Waals surface area contributed by atoms with Crippen LogP contribution < -0.4 is 5.32 Å². The number of hydrogen-bond acceptors (Lipinski definition) is 5. The summed E-state index contributed by atoms with van der Waals surface area (Å²) < 4.78 is 33.6. The lowest BCUT2D eigenvalue weighted by Crippen LogP contribution is -2.32. The van der Waals surface area contributed by atoms with Gasteiger partial charge in [-0.3, -0.25) is 4.68 Å². The summed E-state index contributed by atoms with van der Waals surface area (Å²) in [6.45, 7) is 6.11. The van der Waals surface area contributed by atoms with Crippen LogP contribution in [0.4, 0.5) is 18.9 Å². The van der Waals surface area contributed by atoms with Crippen LogP contribution in [0, 0.1) is 17.8 Å². The average Bonchev–Trinajstić information content (AvgIpc) is 3.17. The molecule has 2 fully saturated rings. The summed E-state index contributed by atoms with van der Waals surface area (Å²) >= 11 is 0. The average molecular weight is 406 g/mol. The van der Waals surface area contributed by atoms with E-state index in [0.717, 1.165) is 43.1 Å². The number of anilines is 1. The monoisotopic (exact) mass is 406 g/mol. The Kier molecular flexibility index (Phi) is 7.70. The van der Waals surface area contributed by atoms with Gasteiger partial charge in [-0.25, -0.2) is 4.79 Å². The van der Waals surface area contributed by atoms with Crippen molar-refractivity contribution in [3.63, 3.8) is 0 Å². The molecule has 1 aliphatic heterocycles. The number of nitrogens with zero attached hydrogens (tertiary/aromatic N) is 3. The molecule has 2 heterocycles. The normalized spacial score (nSPS) is 26.1. The van der Waals surface area contributed by atoms with Gasteiger partial charge >= 0.3 is 12.1 Å². The number of aliphatic hydroxyl groups is 1. The molecule has 0 spiro atoms. The van der Waals surface area contributed by atoms with Crippen molar-refractivity contribution in [2.24, 2.45) is 24.8 Å². The molecule has 1 saturated heterocycles. The van der Waals surface area contributed by atoms with Crippen LogP contribution in [0.5, 0.6) is 0 Å². The minimum atomic E-state index is -5.08. The van der Waals surface area contributed by atoms with Gasteiger partial charge in [0.05, 0.1) is 18.0 Å². The highest BCUT2D eigenvalue weighted by atomic mass is 19.4. The van der Waals surface area contributed by atoms with Gasteiger partial charge in [-0.15, -0.1) is 0 Å². The van der Waals surface area contributed by atoms with Gasteiger partial charge in [0.2, 0.25) is 0 Å². The molecule has 1 unspecified atom stereocenters. The number of alkyl halides is 3. The zero-order chi connectivity index (χ0) is 20.9. The van der Waals surface area contributed by atoms with Crippen molar-refractivity contribution in [1.82, 2.24) is 14.7 Å². The van der Waals surface area contributed by atoms with Crippen molar-refractivity contribution in [1.29, 1.82) is 0 Å². The molecule has 1 aromatic heterocycles. The molecule has 0 radical (unpaired) electrons. The summed E-state index contributed by atoms with van der Waals surface area (Å²) in [7, 11) is 1.95. The van der Waals surface area contributed by atoms with E-state index in [4.69, 9.17) is 9.90 Å². The fourth-order valence-corrected chi connectivity index (χ4v) is 4.22. The number of fused-ring (bicyclic) bond motifs is 1. The molecule has 2 aliphatic rings. The van der Waals surface area contributed by atoms with Gasteiger partial charge in [0, 0.05) is 39.4 Å². The van der Waals surface area contributed by atoms with Crippen LogP contribution in [-0.4, -0.2) is 69.3 Å². The number of likely N-dealkylation sites (tertiary alicyclic amines) is 1. The lowest BCUT2D eigenvalue weighted by Gasteiger charge is -2.33. The molecule has 1 aromatic rings. The van der Waals surface area contributed by atoms with E-state index >= 15 is 0 Å². The number of carboxylic acids is 1. The van der Waals surface area contributed by atoms with Gasteiger partial charge in [0.15, 0.2) is 0 Å². The minimum Gasteiger partial charge on any atom is -0.475 e. The van der Waals surface area contributed by atoms with E-state index in [1.54, 1.807) is 0 Å². The van der Waals surface area contributed by atoms with Crippen LogP contribution in [0.15, 0.2) is 12.4 Å². The van der Waals surface area contributed by atoms with Gasteiger partial charge in [0.1, 0.15) is 0 Å². The molecular weight excluding hydrogens is 377 g/mol. The summed E-state index contributed by atoms with van der Waals surface area (Å²) in [5.41, 5.74) is 1.12. The van der Waals surface area contributed by atoms with Crippen LogP contribution in [-0.2, 0) is 11.8 Å². The number of aliphatic hydroxyl groups excluding tert-OH is 1. The fraction of sp³-hybridized carbons (Fsp3) is 0.778. The zero-order valence-electron chi connectivity index (χ0n) is 16.2. The molecule has 3 rings (SSSR count). The highest BCUT2D eigenvalue weighted by Crippen LogP contribution is 2.40. The Hall–Kier alpha value is -1.81. The maximum atomic E-state index is 10.6. The van der Waals surface area contributed by atoms with Gasteiger partial charge in [0.25, 0.3) is 0 Å². The van der Waals surface area contributed by atoms with Crippen LogP contribution >= 0.6 is 0 Å². The largest absolute Gasteiger partial charge is 0.490 e. The second-order valence-electron chi connectivity index (χ2n) is 7.77. The molecule has 28 heavy (non-hydrogen) atoms. The Bertz CT molecular complexity index is 636. The number of aliphatic carboxylic acids is 1. The maximum Gasteiger partial charge on any atom is 0.490 e. The van der Waals surface area contributed by atoms with E-state index < -0.39 is 12.1 Å². The van der Waals surface area contributed by atoms with Crippen molar-refractivity contribution in [3.8, 4) is 0 Å². The predicted molar refractivity (Wildman–Crippen MR) is 97.8 cm³/mol. The number of carbonyl (C=O) groups is 1.